The number of carboxylic acids is 1. The van der Waals surface area contributed by atoms with E-state index in [-0.39, 0.29) is 41.1 Å². The van der Waals surface area contributed by atoms with Crippen LogP contribution in [-0.2, 0) is 9.59 Å². The molecule has 2 saturated carbocycles. The summed E-state index contributed by atoms with van der Waals surface area (Å²) in [5, 5.41) is 12.9. The summed E-state index contributed by atoms with van der Waals surface area (Å²) in [7, 11) is 0. The molecule has 2 aliphatic carbocycles. The van der Waals surface area contributed by atoms with Crippen molar-refractivity contribution in [2.45, 2.75) is 124 Å². The van der Waals surface area contributed by atoms with Crippen LogP contribution in [0.4, 0.5) is 4.39 Å². The molecular weight excluding hydrogens is 517 g/mol. The Balaban J connectivity index is 0.00000226. The molecule has 0 heterocycles. The van der Waals surface area contributed by atoms with Gasteiger partial charge in [0.05, 0.1) is 5.92 Å². The monoisotopic (exact) mass is 567 g/mol. The molecule has 2 aliphatic rings. The summed E-state index contributed by atoms with van der Waals surface area (Å²) in [5.74, 6) is -0.960. The Hall–Kier alpha value is -2.89. The summed E-state index contributed by atoms with van der Waals surface area (Å²) in [6.45, 7) is 14.2. The molecule has 1 amide bonds. The van der Waals surface area contributed by atoms with Crippen molar-refractivity contribution in [3.63, 3.8) is 0 Å². The lowest BCUT2D eigenvalue weighted by atomic mass is 9.76. The standard InChI is InChI=1S/C33H44FNO4.C2H6/c1-6-33(4,5)19-20(2)31(36)35-24-14-15-25(18-24)39-29-16-13-23(21(3)32(37)38)17-27(29)26-11-8-12-28(34)30(26)22-9-7-10-22;1-2/h8,11-13,16-17,20-22,24-25H,6-7,9-10,14-15,18-19H2,1-5H3,(H,35,36)(H,37,38);1-2H3/t20-,21+,24+,25+;/m0./s1. The first-order valence-electron chi connectivity index (χ1n) is 15.6. The maximum atomic E-state index is 15.1. The first kappa shape index (κ1) is 32.6. The molecule has 0 aliphatic heterocycles. The van der Waals surface area contributed by atoms with Gasteiger partial charge in [0.2, 0.25) is 5.91 Å². The van der Waals surface area contributed by atoms with Crippen LogP contribution in [0.25, 0.3) is 11.1 Å². The van der Waals surface area contributed by atoms with Gasteiger partial charge in [-0.3, -0.25) is 9.59 Å². The zero-order valence-electron chi connectivity index (χ0n) is 26.1. The molecule has 226 valence electrons. The smallest absolute Gasteiger partial charge is 0.310 e. The summed E-state index contributed by atoms with van der Waals surface area (Å²) in [5.41, 5.74) is 3.02. The van der Waals surface area contributed by atoms with E-state index in [4.69, 9.17) is 4.74 Å². The van der Waals surface area contributed by atoms with E-state index in [0.29, 0.717) is 23.3 Å². The third kappa shape index (κ3) is 8.11. The van der Waals surface area contributed by atoms with Gasteiger partial charge in [0.1, 0.15) is 17.7 Å². The summed E-state index contributed by atoms with van der Waals surface area (Å²) in [6.07, 6.45) is 7.15. The highest BCUT2D eigenvalue weighted by atomic mass is 19.1. The van der Waals surface area contributed by atoms with Crippen molar-refractivity contribution in [2.24, 2.45) is 11.3 Å². The zero-order valence-corrected chi connectivity index (χ0v) is 26.1. The molecule has 4 rings (SSSR count). The number of aliphatic carboxylic acids is 1. The van der Waals surface area contributed by atoms with Gasteiger partial charge in [-0.1, -0.05) is 72.6 Å². The summed E-state index contributed by atoms with van der Waals surface area (Å²) in [6, 6.07) is 10.7. The average Bonchev–Trinajstić information content (AvgIpc) is 3.36. The number of carboxylic acid groups (broad SMARTS) is 1. The van der Waals surface area contributed by atoms with Crippen molar-refractivity contribution in [3.8, 4) is 16.9 Å². The van der Waals surface area contributed by atoms with Crippen LogP contribution in [0.15, 0.2) is 36.4 Å². The highest BCUT2D eigenvalue weighted by molar-refractivity contribution is 5.80. The first-order chi connectivity index (χ1) is 19.5. The van der Waals surface area contributed by atoms with Crippen molar-refractivity contribution in [2.75, 3.05) is 0 Å². The fourth-order valence-corrected chi connectivity index (χ4v) is 5.92. The van der Waals surface area contributed by atoms with Crippen molar-refractivity contribution < 1.29 is 23.8 Å². The van der Waals surface area contributed by atoms with Gasteiger partial charge >= 0.3 is 5.97 Å². The van der Waals surface area contributed by atoms with Crippen molar-refractivity contribution in [1.29, 1.82) is 0 Å². The lowest BCUT2D eigenvalue weighted by Gasteiger charge is -2.29. The predicted molar refractivity (Wildman–Crippen MR) is 164 cm³/mol. The quantitative estimate of drug-likeness (QED) is 0.284. The molecule has 0 bridgehead atoms. The number of amides is 1. The molecule has 2 aromatic carbocycles. The first-order valence-corrected chi connectivity index (χ1v) is 15.6. The Bertz CT molecular complexity index is 1190. The van der Waals surface area contributed by atoms with Gasteiger partial charge in [0, 0.05) is 23.9 Å². The number of ether oxygens (including phenoxy) is 1. The van der Waals surface area contributed by atoms with Gasteiger partial charge in [-0.15, -0.1) is 0 Å². The fraction of sp³-hybridized carbons (Fsp3) is 0.600. The zero-order chi connectivity index (χ0) is 30.3. The van der Waals surface area contributed by atoms with Crippen LogP contribution in [0.5, 0.6) is 5.75 Å². The van der Waals surface area contributed by atoms with E-state index in [1.807, 2.05) is 39.0 Å². The third-order valence-electron chi connectivity index (χ3n) is 9.02. The minimum Gasteiger partial charge on any atom is -0.490 e. The van der Waals surface area contributed by atoms with E-state index in [1.165, 1.54) is 6.07 Å². The Kier molecular flexibility index (Phi) is 11.4. The van der Waals surface area contributed by atoms with Gasteiger partial charge in [-0.2, -0.15) is 0 Å². The molecule has 0 unspecified atom stereocenters. The Morgan fingerprint density at radius 2 is 1.78 bits per heavy atom. The molecule has 2 fully saturated rings. The Morgan fingerprint density at radius 1 is 1.07 bits per heavy atom. The van der Waals surface area contributed by atoms with Crippen molar-refractivity contribution >= 4 is 11.9 Å². The van der Waals surface area contributed by atoms with Crippen LogP contribution >= 0.6 is 0 Å². The molecule has 2 N–H and O–H groups in total. The van der Waals surface area contributed by atoms with Gasteiger partial charge in [-0.05, 0) is 85.3 Å². The molecule has 5 nitrogen and oxygen atoms in total. The molecule has 2 aromatic rings. The Morgan fingerprint density at radius 3 is 2.39 bits per heavy atom. The van der Waals surface area contributed by atoms with E-state index >= 15 is 4.39 Å². The van der Waals surface area contributed by atoms with E-state index in [2.05, 4.69) is 26.1 Å². The van der Waals surface area contributed by atoms with E-state index in [0.717, 1.165) is 56.1 Å². The molecule has 0 aromatic heterocycles. The maximum Gasteiger partial charge on any atom is 0.310 e. The highest BCUT2D eigenvalue weighted by Gasteiger charge is 2.32. The van der Waals surface area contributed by atoms with Gasteiger partial charge in [0.25, 0.3) is 0 Å². The van der Waals surface area contributed by atoms with E-state index < -0.39 is 11.9 Å². The summed E-state index contributed by atoms with van der Waals surface area (Å²) < 4.78 is 21.7. The highest BCUT2D eigenvalue weighted by Crippen LogP contribution is 2.45. The molecule has 4 atom stereocenters. The van der Waals surface area contributed by atoms with Crippen LogP contribution in [0.2, 0.25) is 0 Å². The van der Waals surface area contributed by atoms with Gasteiger partial charge < -0.3 is 15.2 Å². The number of hydrogen-bond donors (Lipinski definition) is 2. The second-order valence-electron chi connectivity index (χ2n) is 12.5. The Labute approximate surface area is 246 Å². The number of halogens is 1. The van der Waals surface area contributed by atoms with E-state index in [9.17, 15) is 14.7 Å². The van der Waals surface area contributed by atoms with Crippen LogP contribution in [0, 0.1) is 17.2 Å². The minimum absolute atomic E-state index is 0.0480. The lowest BCUT2D eigenvalue weighted by molar-refractivity contribution is -0.138. The number of carbonyl (C=O) groups excluding carboxylic acids is 1. The fourth-order valence-electron chi connectivity index (χ4n) is 5.92. The van der Waals surface area contributed by atoms with Gasteiger partial charge in [-0.25, -0.2) is 4.39 Å². The van der Waals surface area contributed by atoms with Crippen molar-refractivity contribution in [1.82, 2.24) is 5.32 Å². The molecule has 0 saturated heterocycles. The third-order valence-corrected chi connectivity index (χ3v) is 9.02. The second kappa shape index (κ2) is 14.3. The van der Waals surface area contributed by atoms with Gasteiger partial charge in [0.15, 0.2) is 0 Å². The number of benzene rings is 2. The molecule has 0 radical (unpaired) electrons. The van der Waals surface area contributed by atoms with E-state index in [1.54, 1.807) is 19.1 Å². The largest absolute Gasteiger partial charge is 0.490 e. The van der Waals surface area contributed by atoms with Crippen LogP contribution in [-0.4, -0.2) is 29.1 Å². The number of nitrogens with one attached hydrogen (secondary N) is 1. The summed E-state index contributed by atoms with van der Waals surface area (Å²) >= 11 is 0. The minimum atomic E-state index is -0.904. The summed E-state index contributed by atoms with van der Waals surface area (Å²) in [4.78, 5) is 24.6. The average molecular weight is 568 g/mol. The molecule has 41 heavy (non-hydrogen) atoms. The topological polar surface area (TPSA) is 75.6 Å². The second-order valence-corrected chi connectivity index (χ2v) is 12.5. The van der Waals surface area contributed by atoms with Crippen LogP contribution in [0.3, 0.4) is 0 Å². The lowest BCUT2D eigenvalue weighted by Crippen LogP contribution is -2.38. The SMILES string of the molecule is CC.CCC(C)(C)C[C@H](C)C(=O)N[C@@H]1CC[C@@H](Oc2ccc([C@@H](C)C(=O)O)cc2-c2cccc(F)c2C2CCC2)C1. The molecule has 0 spiro atoms. The van der Waals surface area contributed by atoms with Crippen LogP contribution in [0.1, 0.15) is 123 Å². The number of rotatable bonds is 11. The normalized spacial score (nSPS) is 20.3. The predicted octanol–water partition coefficient (Wildman–Crippen LogP) is 8.85. The maximum absolute atomic E-state index is 15.1. The van der Waals surface area contributed by atoms with Crippen molar-refractivity contribution in [3.05, 3.63) is 53.3 Å². The molecular formula is C35H50FNO4. The number of carbonyl (C=O) groups is 2. The molecule has 6 heteroatoms. The van der Waals surface area contributed by atoms with Crippen LogP contribution < -0.4 is 10.1 Å². The number of hydrogen-bond acceptors (Lipinski definition) is 3.